The van der Waals surface area contributed by atoms with Gasteiger partial charge in [-0.3, -0.25) is 10.1 Å². The fourth-order valence-electron chi connectivity index (χ4n) is 3.42. The molecule has 0 atom stereocenters. The molecule has 3 rings (SSSR count). The summed E-state index contributed by atoms with van der Waals surface area (Å²) in [5.41, 5.74) is 2.50. The minimum Gasteiger partial charge on any atom is -0.493 e. The first kappa shape index (κ1) is 25.5. The Morgan fingerprint density at radius 2 is 1.60 bits per heavy atom. The lowest BCUT2D eigenvalue weighted by atomic mass is 10.1. The summed E-state index contributed by atoms with van der Waals surface area (Å²) in [7, 11) is 1.58. The number of nitrogens with zero attached hydrogens (tertiary/aromatic N) is 1. The van der Waals surface area contributed by atoms with Crippen LogP contribution in [-0.2, 0) is 4.79 Å². The molecule has 0 aliphatic carbocycles. The minimum absolute atomic E-state index is 0.0354. The van der Waals surface area contributed by atoms with Gasteiger partial charge in [0.15, 0.2) is 11.5 Å². The number of nitro benzene ring substituents is 1. The number of benzene rings is 3. The third-order valence-corrected chi connectivity index (χ3v) is 5.34. The van der Waals surface area contributed by atoms with Gasteiger partial charge in [-0.25, -0.2) is 4.79 Å². The first-order valence-electron chi connectivity index (χ1n) is 11.6. The van der Waals surface area contributed by atoms with Crippen LogP contribution in [0.15, 0.2) is 72.8 Å². The molecule has 182 valence electrons. The van der Waals surface area contributed by atoms with Gasteiger partial charge in [0.05, 0.1) is 18.6 Å². The molecule has 0 saturated carbocycles. The van der Waals surface area contributed by atoms with Crippen molar-refractivity contribution in [3.63, 3.8) is 0 Å². The third-order valence-electron chi connectivity index (χ3n) is 5.34. The van der Waals surface area contributed by atoms with Crippen molar-refractivity contribution in [1.29, 1.82) is 0 Å². The minimum atomic E-state index is -0.511. The van der Waals surface area contributed by atoms with E-state index in [1.165, 1.54) is 31.1 Å². The van der Waals surface area contributed by atoms with Gasteiger partial charge in [0.2, 0.25) is 0 Å². The van der Waals surface area contributed by atoms with Crippen molar-refractivity contribution in [2.24, 2.45) is 0 Å². The number of ether oxygens (including phenoxy) is 3. The average Bonchev–Trinajstić information content (AvgIpc) is 2.88. The van der Waals surface area contributed by atoms with E-state index in [-0.39, 0.29) is 5.69 Å². The van der Waals surface area contributed by atoms with E-state index in [0.29, 0.717) is 23.9 Å². The summed E-state index contributed by atoms with van der Waals surface area (Å²) in [6.45, 7) is 2.81. The van der Waals surface area contributed by atoms with Gasteiger partial charge < -0.3 is 14.2 Å². The van der Waals surface area contributed by atoms with Crippen molar-refractivity contribution in [3.8, 4) is 28.4 Å². The molecule has 0 aliphatic rings. The van der Waals surface area contributed by atoms with Gasteiger partial charge in [-0.2, -0.15) is 0 Å². The zero-order chi connectivity index (χ0) is 25.0. The lowest BCUT2D eigenvalue weighted by Gasteiger charge is -2.11. The van der Waals surface area contributed by atoms with Crippen LogP contribution in [0, 0.1) is 10.1 Å². The molecule has 7 heteroatoms. The van der Waals surface area contributed by atoms with Crippen molar-refractivity contribution >= 4 is 17.7 Å². The summed E-state index contributed by atoms with van der Waals surface area (Å²) in [5.74, 6) is 1.17. The van der Waals surface area contributed by atoms with Gasteiger partial charge in [0.25, 0.3) is 5.69 Å². The standard InChI is InChI=1S/C28H29NO6/c1-3-4-5-6-19-34-26-17-7-21(20-27(26)33-2)8-18-28(30)35-25-15-11-23(12-16-25)22-9-13-24(14-10-22)29(31)32/h7-18,20H,3-6,19H2,1-2H3/b18-8+. The third kappa shape index (κ3) is 7.71. The molecule has 0 amide bonds. The second-order valence-electron chi connectivity index (χ2n) is 7.90. The molecule has 7 nitrogen and oxygen atoms in total. The summed E-state index contributed by atoms with van der Waals surface area (Å²) in [5, 5.41) is 10.8. The molecular formula is C28H29NO6. The van der Waals surface area contributed by atoms with E-state index in [1.54, 1.807) is 49.6 Å². The van der Waals surface area contributed by atoms with Crippen molar-refractivity contribution in [2.75, 3.05) is 13.7 Å². The Kier molecular flexibility index (Phi) is 9.42. The Balaban J connectivity index is 1.56. The highest BCUT2D eigenvalue weighted by Crippen LogP contribution is 2.29. The maximum atomic E-state index is 12.3. The molecule has 35 heavy (non-hydrogen) atoms. The molecule has 0 aliphatic heterocycles. The van der Waals surface area contributed by atoms with E-state index in [2.05, 4.69) is 6.92 Å². The topological polar surface area (TPSA) is 87.9 Å². The molecule has 3 aromatic carbocycles. The van der Waals surface area contributed by atoms with Crippen molar-refractivity contribution < 1.29 is 23.9 Å². The second-order valence-corrected chi connectivity index (χ2v) is 7.90. The number of rotatable bonds is 12. The van der Waals surface area contributed by atoms with Crippen LogP contribution in [0.3, 0.4) is 0 Å². The Hall–Kier alpha value is -4.13. The Morgan fingerprint density at radius 3 is 2.23 bits per heavy atom. The maximum Gasteiger partial charge on any atom is 0.336 e. The number of nitro groups is 1. The first-order valence-corrected chi connectivity index (χ1v) is 11.6. The normalized spacial score (nSPS) is 10.8. The average molecular weight is 476 g/mol. The van der Waals surface area contributed by atoms with Crippen LogP contribution in [0.2, 0.25) is 0 Å². The largest absolute Gasteiger partial charge is 0.493 e. The van der Waals surface area contributed by atoms with E-state index in [1.807, 2.05) is 18.2 Å². The van der Waals surface area contributed by atoms with E-state index in [9.17, 15) is 14.9 Å². The van der Waals surface area contributed by atoms with Crippen LogP contribution in [0.1, 0.15) is 38.2 Å². The van der Waals surface area contributed by atoms with Crippen LogP contribution in [0.5, 0.6) is 17.2 Å². The first-order chi connectivity index (χ1) is 17.0. The zero-order valence-corrected chi connectivity index (χ0v) is 19.9. The Morgan fingerprint density at radius 1 is 0.914 bits per heavy atom. The van der Waals surface area contributed by atoms with Gasteiger partial charge in [0.1, 0.15) is 5.75 Å². The molecule has 0 unspecified atom stereocenters. The predicted octanol–water partition coefficient (Wildman–Crippen LogP) is 6.85. The smallest absolute Gasteiger partial charge is 0.336 e. The molecule has 0 saturated heterocycles. The van der Waals surface area contributed by atoms with E-state index >= 15 is 0 Å². The molecule has 0 aromatic heterocycles. The summed E-state index contributed by atoms with van der Waals surface area (Å²) in [6.07, 6.45) is 7.52. The SMILES string of the molecule is CCCCCCOc1ccc(/C=C/C(=O)Oc2ccc(-c3ccc([N+](=O)[O-])cc3)cc2)cc1OC. The van der Waals surface area contributed by atoms with Crippen LogP contribution in [-0.4, -0.2) is 24.6 Å². The molecule has 0 spiro atoms. The quantitative estimate of drug-likeness (QED) is 0.0711. The van der Waals surface area contributed by atoms with Crippen LogP contribution >= 0.6 is 0 Å². The lowest BCUT2D eigenvalue weighted by Crippen LogP contribution is -2.03. The summed E-state index contributed by atoms with van der Waals surface area (Å²) in [4.78, 5) is 22.6. The monoisotopic (exact) mass is 475 g/mol. The van der Waals surface area contributed by atoms with Gasteiger partial charge in [-0.1, -0.05) is 44.4 Å². The van der Waals surface area contributed by atoms with Crippen molar-refractivity contribution in [2.45, 2.75) is 32.6 Å². The maximum absolute atomic E-state index is 12.3. The van der Waals surface area contributed by atoms with Crippen molar-refractivity contribution in [3.05, 3.63) is 88.5 Å². The highest BCUT2D eigenvalue weighted by atomic mass is 16.6. The molecule has 0 bridgehead atoms. The fraction of sp³-hybridized carbons (Fsp3) is 0.250. The second kappa shape index (κ2) is 12.9. The van der Waals surface area contributed by atoms with Crippen LogP contribution < -0.4 is 14.2 Å². The molecular weight excluding hydrogens is 446 g/mol. The lowest BCUT2D eigenvalue weighted by molar-refractivity contribution is -0.384. The highest BCUT2D eigenvalue weighted by Gasteiger charge is 2.08. The highest BCUT2D eigenvalue weighted by molar-refractivity contribution is 5.89. The van der Waals surface area contributed by atoms with Gasteiger partial charge in [0, 0.05) is 18.2 Å². The van der Waals surface area contributed by atoms with Crippen LogP contribution in [0.4, 0.5) is 5.69 Å². The molecule has 0 N–H and O–H groups in total. The summed E-state index contributed by atoms with van der Waals surface area (Å²) >= 11 is 0. The zero-order valence-electron chi connectivity index (χ0n) is 19.9. The number of unbranched alkanes of at least 4 members (excludes halogenated alkanes) is 3. The Labute approximate surface area is 205 Å². The van der Waals surface area contributed by atoms with Gasteiger partial charge in [-0.05, 0) is 65.6 Å². The van der Waals surface area contributed by atoms with E-state index < -0.39 is 10.9 Å². The molecule has 0 radical (unpaired) electrons. The van der Waals surface area contributed by atoms with Crippen LogP contribution in [0.25, 0.3) is 17.2 Å². The predicted molar refractivity (Wildman–Crippen MR) is 136 cm³/mol. The number of hydrogen-bond acceptors (Lipinski definition) is 6. The molecule has 0 fully saturated rings. The van der Waals surface area contributed by atoms with Crippen molar-refractivity contribution in [1.82, 2.24) is 0 Å². The Bertz CT molecular complexity index is 1150. The molecule has 0 heterocycles. The number of hydrogen-bond donors (Lipinski definition) is 0. The number of carbonyl (C=O) groups excluding carboxylic acids is 1. The van der Waals surface area contributed by atoms with Gasteiger partial charge >= 0.3 is 5.97 Å². The van der Waals surface area contributed by atoms with E-state index in [4.69, 9.17) is 14.2 Å². The number of methoxy groups -OCH3 is 1. The number of esters is 1. The number of non-ortho nitro benzene ring substituents is 1. The van der Waals surface area contributed by atoms with E-state index in [0.717, 1.165) is 29.5 Å². The number of carbonyl (C=O) groups is 1. The summed E-state index contributed by atoms with van der Waals surface area (Å²) < 4.78 is 16.6. The molecule has 3 aromatic rings. The van der Waals surface area contributed by atoms with Gasteiger partial charge in [-0.15, -0.1) is 0 Å². The summed E-state index contributed by atoms with van der Waals surface area (Å²) in [6, 6.07) is 18.7. The fourth-order valence-corrected chi connectivity index (χ4v) is 3.42.